The molecule has 1 N–H and O–H groups in total. The molecule has 1 aromatic rings. The summed E-state index contributed by atoms with van der Waals surface area (Å²) in [6.07, 6.45) is 7.21. The molecule has 3 heteroatoms. The summed E-state index contributed by atoms with van der Waals surface area (Å²) in [6, 6.07) is 5.30. The van der Waals surface area contributed by atoms with Crippen LogP contribution in [-0.2, 0) is 6.54 Å². The van der Waals surface area contributed by atoms with Crippen LogP contribution < -0.4 is 10.9 Å². The first-order valence-electron chi connectivity index (χ1n) is 6.62. The van der Waals surface area contributed by atoms with Crippen LogP contribution in [0.4, 0.5) is 0 Å². The number of nitrogens with zero attached hydrogens (tertiary/aromatic N) is 1. The lowest BCUT2D eigenvalue weighted by molar-refractivity contribution is 0.414. The predicted octanol–water partition coefficient (Wildman–Crippen LogP) is 2.02. The number of nitrogens with one attached hydrogen (secondary N) is 1. The lowest BCUT2D eigenvalue weighted by Crippen LogP contribution is -2.30. The number of hydrogen-bond donors (Lipinski definition) is 1. The molecule has 17 heavy (non-hydrogen) atoms. The molecule has 0 bridgehead atoms. The summed E-state index contributed by atoms with van der Waals surface area (Å²) < 4.78 is 1.76. The molecule has 1 aliphatic rings. The first-order chi connectivity index (χ1) is 8.26. The van der Waals surface area contributed by atoms with Crippen molar-refractivity contribution in [3.8, 4) is 0 Å². The zero-order chi connectivity index (χ0) is 12.1. The number of aromatic nitrogens is 1. The highest BCUT2D eigenvalue weighted by atomic mass is 16.1. The summed E-state index contributed by atoms with van der Waals surface area (Å²) in [5.41, 5.74) is 0.681. The van der Waals surface area contributed by atoms with Gasteiger partial charge in [0.15, 0.2) is 0 Å². The molecule has 0 aromatic carbocycles. The van der Waals surface area contributed by atoms with Crippen LogP contribution in [0, 0.1) is 5.41 Å². The topological polar surface area (TPSA) is 34.0 Å². The summed E-state index contributed by atoms with van der Waals surface area (Å²) in [7, 11) is 0. The van der Waals surface area contributed by atoms with Gasteiger partial charge in [-0.2, -0.15) is 0 Å². The van der Waals surface area contributed by atoms with E-state index in [0.717, 1.165) is 19.6 Å². The summed E-state index contributed by atoms with van der Waals surface area (Å²) in [6.45, 7) is 5.02. The Morgan fingerprint density at radius 3 is 2.88 bits per heavy atom. The van der Waals surface area contributed by atoms with Crippen LogP contribution >= 0.6 is 0 Å². The Balaban J connectivity index is 1.70. The number of pyridine rings is 1. The lowest BCUT2D eigenvalue weighted by Gasteiger charge is -2.15. The van der Waals surface area contributed by atoms with Crippen LogP contribution in [-0.4, -0.2) is 17.7 Å². The second kappa shape index (κ2) is 5.50. The molecule has 1 aromatic heterocycles. The van der Waals surface area contributed by atoms with Crippen molar-refractivity contribution in [2.24, 2.45) is 5.41 Å². The van der Waals surface area contributed by atoms with E-state index in [1.165, 1.54) is 25.7 Å². The molecule has 0 atom stereocenters. The summed E-state index contributed by atoms with van der Waals surface area (Å²) in [4.78, 5) is 11.5. The Morgan fingerprint density at radius 2 is 2.24 bits per heavy atom. The Bertz CT molecular complexity index is 407. The first kappa shape index (κ1) is 12.4. The van der Waals surface area contributed by atoms with E-state index < -0.39 is 0 Å². The Kier molecular flexibility index (Phi) is 4.00. The van der Waals surface area contributed by atoms with Gasteiger partial charge in [-0.15, -0.1) is 0 Å². The molecule has 0 spiro atoms. The molecule has 0 amide bonds. The molecule has 0 radical (unpaired) electrons. The third kappa shape index (κ3) is 3.43. The van der Waals surface area contributed by atoms with Crippen molar-refractivity contribution in [3.05, 3.63) is 34.7 Å². The lowest BCUT2D eigenvalue weighted by atomic mass is 10.0. The van der Waals surface area contributed by atoms with E-state index >= 15 is 0 Å². The van der Waals surface area contributed by atoms with Gasteiger partial charge in [0, 0.05) is 31.9 Å². The second-order valence-electron chi connectivity index (χ2n) is 5.16. The fraction of sp³-hybridized carbons (Fsp3) is 0.643. The summed E-state index contributed by atoms with van der Waals surface area (Å²) in [5.74, 6) is 0. The zero-order valence-corrected chi connectivity index (χ0v) is 10.6. The fourth-order valence-electron chi connectivity index (χ4n) is 2.42. The van der Waals surface area contributed by atoms with Crippen molar-refractivity contribution >= 4 is 0 Å². The predicted molar refractivity (Wildman–Crippen MR) is 70.1 cm³/mol. The maximum absolute atomic E-state index is 11.5. The van der Waals surface area contributed by atoms with Gasteiger partial charge >= 0.3 is 0 Å². The van der Waals surface area contributed by atoms with Crippen molar-refractivity contribution < 1.29 is 0 Å². The first-order valence-corrected chi connectivity index (χ1v) is 6.62. The molecular weight excluding hydrogens is 212 g/mol. The van der Waals surface area contributed by atoms with E-state index in [1.54, 1.807) is 16.7 Å². The van der Waals surface area contributed by atoms with E-state index in [1.807, 2.05) is 12.3 Å². The van der Waals surface area contributed by atoms with E-state index in [0.29, 0.717) is 5.41 Å². The molecule has 0 unspecified atom stereocenters. The molecule has 94 valence electrons. The Labute approximate surface area is 103 Å². The van der Waals surface area contributed by atoms with E-state index in [9.17, 15) is 4.79 Å². The maximum Gasteiger partial charge on any atom is 0.250 e. The van der Waals surface area contributed by atoms with Crippen molar-refractivity contribution in [1.82, 2.24) is 9.88 Å². The van der Waals surface area contributed by atoms with Gasteiger partial charge in [-0.05, 0) is 30.7 Å². The van der Waals surface area contributed by atoms with Crippen molar-refractivity contribution in [2.45, 2.75) is 39.2 Å². The highest BCUT2D eigenvalue weighted by molar-refractivity contribution is 4.95. The Hall–Kier alpha value is -1.09. The van der Waals surface area contributed by atoms with Crippen LogP contribution in [0.15, 0.2) is 29.2 Å². The molecule has 3 nitrogen and oxygen atoms in total. The molecule has 1 saturated carbocycles. The van der Waals surface area contributed by atoms with Gasteiger partial charge < -0.3 is 9.88 Å². The second-order valence-corrected chi connectivity index (χ2v) is 5.16. The monoisotopic (exact) mass is 234 g/mol. The minimum Gasteiger partial charge on any atom is -0.314 e. The molecule has 2 rings (SSSR count). The quantitative estimate of drug-likeness (QED) is 0.732. The van der Waals surface area contributed by atoms with Crippen LogP contribution in [0.3, 0.4) is 0 Å². The van der Waals surface area contributed by atoms with Crippen molar-refractivity contribution in [3.63, 3.8) is 0 Å². The molecule has 0 saturated heterocycles. The summed E-state index contributed by atoms with van der Waals surface area (Å²) >= 11 is 0. The van der Waals surface area contributed by atoms with Crippen molar-refractivity contribution in [2.75, 3.05) is 13.1 Å². The van der Waals surface area contributed by atoms with Gasteiger partial charge in [0.25, 0.3) is 5.56 Å². The third-order valence-electron chi connectivity index (χ3n) is 3.67. The minimum atomic E-state index is 0.0870. The van der Waals surface area contributed by atoms with Crippen LogP contribution in [0.2, 0.25) is 0 Å². The van der Waals surface area contributed by atoms with E-state index in [2.05, 4.69) is 12.2 Å². The fourth-order valence-corrected chi connectivity index (χ4v) is 2.42. The standard InChI is InChI=1S/C14H22N2O/c1-2-6-14(7-8-14)12-15-9-11-16-10-4-3-5-13(16)17/h3-5,10,15H,2,6-9,11-12H2,1H3. The smallest absolute Gasteiger partial charge is 0.250 e. The van der Waals surface area contributed by atoms with Gasteiger partial charge in [0.05, 0.1) is 0 Å². The molecular formula is C14H22N2O. The van der Waals surface area contributed by atoms with E-state index in [-0.39, 0.29) is 5.56 Å². The molecule has 0 aliphatic heterocycles. The van der Waals surface area contributed by atoms with Crippen LogP contribution in [0.25, 0.3) is 0 Å². The van der Waals surface area contributed by atoms with Crippen molar-refractivity contribution in [1.29, 1.82) is 0 Å². The largest absolute Gasteiger partial charge is 0.314 e. The highest BCUT2D eigenvalue weighted by Crippen LogP contribution is 2.48. The van der Waals surface area contributed by atoms with Gasteiger partial charge in [0.1, 0.15) is 0 Å². The molecule has 1 aliphatic carbocycles. The Morgan fingerprint density at radius 1 is 1.41 bits per heavy atom. The van der Waals surface area contributed by atoms with Crippen LogP contribution in [0.1, 0.15) is 32.6 Å². The summed E-state index contributed by atoms with van der Waals surface area (Å²) in [5, 5.41) is 3.49. The van der Waals surface area contributed by atoms with Gasteiger partial charge in [-0.25, -0.2) is 0 Å². The van der Waals surface area contributed by atoms with E-state index in [4.69, 9.17) is 0 Å². The molecule has 1 fully saturated rings. The highest BCUT2D eigenvalue weighted by Gasteiger charge is 2.40. The van der Waals surface area contributed by atoms with Crippen LogP contribution in [0.5, 0.6) is 0 Å². The van der Waals surface area contributed by atoms with Gasteiger partial charge in [-0.3, -0.25) is 4.79 Å². The average Bonchev–Trinajstić information content (AvgIpc) is 3.08. The normalized spacial score (nSPS) is 17.0. The minimum absolute atomic E-state index is 0.0870. The van der Waals surface area contributed by atoms with Gasteiger partial charge in [-0.1, -0.05) is 19.4 Å². The zero-order valence-electron chi connectivity index (χ0n) is 10.6. The number of rotatable bonds is 7. The maximum atomic E-state index is 11.5. The van der Waals surface area contributed by atoms with Gasteiger partial charge in [0.2, 0.25) is 0 Å². The number of hydrogen-bond acceptors (Lipinski definition) is 2. The average molecular weight is 234 g/mol. The molecule has 1 heterocycles. The third-order valence-corrected chi connectivity index (χ3v) is 3.67. The SMILES string of the molecule is CCCC1(CNCCn2ccccc2=O)CC1.